The Morgan fingerprint density at radius 3 is 2.44 bits per heavy atom. The average molecular weight is 483 g/mol. The van der Waals surface area contributed by atoms with Gasteiger partial charge in [0.15, 0.2) is 0 Å². The van der Waals surface area contributed by atoms with E-state index < -0.39 is 0 Å². The van der Waals surface area contributed by atoms with Crippen molar-refractivity contribution in [2.45, 2.75) is 12.7 Å². The standard InChI is InChI=1S/C27H28ClFN2O3/c1-33-25-7-3-5-22(17-25)26(34-19-20-4-2-6-23(28)16-20)18-30-12-14-31(15-13-30)27(32)21-8-10-24(29)11-9-21/h2-11,16-17,26H,12-15,18-19H2,1H3/t26-/m1/s1. The summed E-state index contributed by atoms with van der Waals surface area (Å²) in [5.41, 5.74) is 2.55. The van der Waals surface area contributed by atoms with Crippen molar-refractivity contribution in [1.29, 1.82) is 0 Å². The molecule has 1 fully saturated rings. The smallest absolute Gasteiger partial charge is 0.253 e. The van der Waals surface area contributed by atoms with Crippen molar-refractivity contribution in [3.8, 4) is 5.75 Å². The lowest BCUT2D eigenvalue weighted by atomic mass is 10.1. The average Bonchev–Trinajstić information content (AvgIpc) is 2.87. The fourth-order valence-corrected chi connectivity index (χ4v) is 4.28. The largest absolute Gasteiger partial charge is 0.497 e. The normalized spacial score (nSPS) is 15.2. The van der Waals surface area contributed by atoms with E-state index in [2.05, 4.69) is 4.90 Å². The Morgan fingerprint density at radius 1 is 1.00 bits per heavy atom. The van der Waals surface area contributed by atoms with E-state index in [0.717, 1.165) is 30.0 Å². The van der Waals surface area contributed by atoms with Crippen LogP contribution >= 0.6 is 11.6 Å². The summed E-state index contributed by atoms with van der Waals surface area (Å²) >= 11 is 6.13. The van der Waals surface area contributed by atoms with E-state index in [4.69, 9.17) is 21.1 Å². The summed E-state index contributed by atoms with van der Waals surface area (Å²) in [6.45, 7) is 3.80. The van der Waals surface area contributed by atoms with Crippen LogP contribution in [0.1, 0.15) is 27.6 Å². The Kier molecular flexibility index (Phi) is 8.16. The molecule has 0 saturated carbocycles. The van der Waals surface area contributed by atoms with Gasteiger partial charge in [0.05, 0.1) is 19.8 Å². The summed E-state index contributed by atoms with van der Waals surface area (Å²) < 4.78 is 24.9. The first kappa shape index (κ1) is 24.2. The molecule has 1 aliphatic rings. The summed E-state index contributed by atoms with van der Waals surface area (Å²) in [6.07, 6.45) is -0.173. The number of ether oxygens (including phenoxy) is 2. The minimum Gasteiger partial charge on any atom is -0.497 e. The van der Waals surface area contributed by atoms with Gasteiger partial charge in [-0.25, -0.2) is 4.39 Å². The third-order valence-corrected chi connectivity index (χ3v) is 6.22. The molecule has 34 heavy (non-hydrogen) atoms. The Morgan fingerprint density at radius 2 is 1.74 bits per heavy atom. The topological polar surface area (TPSA) is 42.0 Å². The van der Waals surface area contributed by atoms with Gasteiger partial charge in [-0.2, -0.15) is 0 Å². The number of hydrogen-bond donors (Lipinski definition) is 0. The van der Waals surface area contributed by atoms with Crippen LogP contribution in [0.25, 0.3) is 0 Å². The number of hydrogen-bond acceptors (Lipinski definition) is 4. The first-order chi connectivity index (χ1) is 16.5. The van der Waals surface area contributed by atoms with Crippen molar-refractivity contribution >= 4 is 17.5 Å². The van der Waals surface area contributed by atoms with Crippen LogP contribution in [0.4, 0.5) is 4.39 Å². The molecular formula is C27H28ClFN2O3. The van der Waals surface area contributed by atoms with Crippen LogP contribution < -0.4 is 4.74 Å². The highest BCUT2D eigenvalue weighted by molar-refractivity contribution is 6.30. The number of carbonyl (C=O) groups is 1. The van der Waals surface area contributed by atoms with Crippen LogP contribution in [0, 0.1) is 5.82 Å². The van der Waals surface area contributed by atoms with Gasteiger partial charge >= 0.3 is 0 Å². The number of benzene rings is 3. The molecule has 0 bridgehead atoms. The fourth-order valence-electron chi connectivity index (χ4n) is 4.06. The molecule has 3 aromatic carbocycles. The minimum atomic E-state index is -0.345. The third kappa shape index (κ3) is 6.35. The van der Waals surface area contributed by atoms with Crippen molar-refractivity contribution in [1.82, 2.24) is 9.80 Å². The summed E-state index contributed by atoms with van der Waals surface area (Å²) in [5, 5.41) is 0.681. The molecule has 5 nitrogen and oxygen atoms in total. The zero-order chi connectivity index (χ0) is 23.9. The first-order valence-electron chi connectivity index (χ1n) is 11.3. The van der Waals surface area contributed by atoms with Gasteiger partial charge in [0.2, 0.25) is 0 Å². The second-order valence-corrected chi connectivity index (χ2v) is 8.74. The number of methoxy groups -OCH3 is 1. The Balaban J connectivity index is 1.40. The lowest BCUT2D eigenvalue weighted by Crippen LogP contribution is -2.49. The van der Waals surface area contributed by atoms with Gasteiger partial charge < -0.3 is 14.4 Å². The van der Waals surface area contributed by atoms with Crippen molar-refractivity contribution in [2.24, 2.45) is 0 Å². The molecule has 1 aliphatic heterocycles. The molecule has 1 atom stereocenters. The zero-order valence-electron chi connectivity index (χ0n) is 19.1. The number of nitrogens with zero attached hydrogens (tertiary/aromatic N) is 2. The second kappa shape index (κ2) is 11.5. The van der Waals surface area contributed by atoms with Crippen molar-refractivity contribution < 1.29 is 18.7 Å². The molecule has 4 rings (SSSR count). The lowest BCUT2D eigenvalue weighted by molar-refractivity contribution is 0.00333. The van der Waals surface area contributed by atoms with E-state index in [9.17, 15) is 9.18 Å². The Bertz CT molecular complexity index is 1100. The molecule has 1 amide bonds. The van der Waals surface area contributed by atoms with E-state index in [0.29, 0.717) is 36.8 Å². The third-order valence-electron chi connectivity index (χ3n) is 5.98. The molecule has 0 aliphatic carbocycles. The molecule has 1 heterocycles. The fraction of sp³-hybridized carbons (Fsp3) is 0.296. The summed E-state index contributed by atoms with van der Waals surface area (Å²) in [7, 11) is 1.65. The quantitative estimate of drug-likeness (QED) is 0.442. The van der Waals surface area contributed by atoms with Gasteiger partial charge in [0.1, 0.15) is 11.6 Å². The monoisotopic (exact) mass is 482 g/mol. The first-order valence-corrected chi connectivity index (χ1v) is 11.7. The number of halogens is 2. The molecule has 1 saturated heterocycles. The Hall–Kier alpha value is -2.93. The molecule has 7 heteroatoms. The van der Waals surface area contributed by atoms with Crippen LogP contribution in [0.3, 0.4) is 0 Å². The molecule has 178 valence electrons. The molecular weight excluding hydrogens is 455 g/mol. The highest BCUT2D eigenvalue weighted by Crippen LogP contribution is 2.25. The van der Waals surface area contributed by atoms with Gasteiger partial charge in [-0.3, -0.25) is 9.69 Å². The van der Waals surface area contributed by atoms with E-state index in [1.165, 1.54) is 24.3 Å². The summed E-state index contributed by atoms with van der Waals surface area (Å²) in [6, 6.07) is 21.3. The maximum absolute atomic E-state index is 13.2. The van der Waals surface area contributed by atoms with Crippen molar-refractivity contribution in [3.05, 3.63) is 100 Å². The zero-order valence-corrected chi connectivity index (χ0v) is 19.9. The van der Waals surface area contributed by atoms with Crippen LogP contribution in [0.2, 0.25) is 5.02 Å². The molecule has 3 aromatic rings. The molecule has 0 unspecified atom stereocenters. The highest BCUT2D eigenvalue weighted by atomic mass is 35.5. The van der Waals surface area contributed by atoms with Crippen molar-refractivity contribution in [3.63, 3.8) is 0 Å². The molecule has 0 N–H and O–H groups in total. The molecule has 0 aromatic heterocycles. The van der Waals surface area contributed by atoms with Gasteiger partial charge in [-0.05, 0) is 59.7 Å². The van der Waals surface area contributed by atoms with E-state index >= 15 is 0 Å². The predicted molar refractivity (Wildman–Crippen MR) is 131 cm³/mol. The number of rotatable bonds is 8. The Labute approximate surface area is 204 Å². The summed E-state index contributed by atoms with van der Waals surface area (Å²) in [5.74, 6) is 0.368. The van der Waals surface area contributed by atoms with Crippen LogP contribution in [-0.4, -0.2) is 55.5 Å². The lowest BCUT2D eigenvalue weighted by Gasteiger charge is -2.36. The minimum absolute atomic E-state index is 0.0683. The number of piperazine rings is 1. The van der Waals surface area contributed by atoms with Gasteiger partial charge in [0.25, 0.3) is 5.91 Å². The van der Waals surface area contributed by atoms with E-state index in [-0.39, 0.29) is 17.8 Å². The second-order valence-electron chi connectivity index (χ2n) is 8.31. The van der Waals surface area contributed by atoms with Gasteiger partial charge in [-0.1, -0.05) is 35.9 Å². The maximum atomic E-state index is 13.2. The van der Waals surface area contributed by atoms with Gasteiger partial charge in [0, 0.05) is 43.3 Å². The van der Waals surface area contributed by atoms with E-state index in [1.54, 1.807) is 7.11 Å². The van der Waals surface area contributed by atoms with Gasteiger partial charge in [-0.15, -0.1) is 0 Å². The van der Waals surface area contributed by atoms with Crippen LogP contribution in [0.15, 0.2) is 72.8 Å². The predicted octanol–water partition coefficient (Wildman–Crippen LogP) is 5.20. The highest BCUT2D eigenvalue weighted by Gasteiger charge is 2.25. The SMILES string of the molecule is COc1cccc([C@@H](CN2CCN(C(=O)c3ccc(F)cc3)CC2)OCc2cccc(Cl)c2)c1. The van der Waals surface area contributed by atoms with Crippen molar-refractivity contribution in [2.75, 3.05) is 39.8 Å². The summed E-state index contributed by atoms with van der Waals surface area (Å²) in [4.78, 5) is 16.9. The molecule has 0 radical (unpaired) electrons. The van der Waals surface area contributed by atoms with Crippen LogP contribution in [-0.2, 0) is 11.3 Å². The molecule has 0 spiro atoms. The maximum Gasteiger partial charge on any atom is 0.253 e. The number of carbonyl (C=O) groups excluding carboxylic acids is 1. The number of amides is 1. The van der Waals surface area contributed by atoms with Crippen LogP contribution in [0.5, 0.6) is 5.75 Å². The van der Waals surface area contributed by atoms with E-state index in [1.807, 2.05) is 53.4 Å².